The summed E-state index contributed by atoms with van der Waals surface area (Å²) in [6, 6.07) is 12.6. The van der Waals surface area contributed by atoms with E-state index in [1.54, 1.807) is 44.8 Å². The number of amides is 1. The molecule has 166 valence electrons. The molecule has 1 amide bonds. The van der Waals surface area contributed by atoms with Crippen molar-refractivity contribution >= 4 is 69.8 Å². The summed E-state index contributed by atoms with van der Waals surface area (Å²) in [6.07, 6.45) is 2.87. The molecule has 3 rings (SSSR count). The van der Waals surface area contributed by atoms with Crippen LogP contribution in [0.2, 0.25) is 0 Å². The van der Waals surface area contributed by atoms with E-state index in [2.05, 4.69) is 55.1 Å². The zero-order valence-electron chi connectivity index (χ0n) is 17.8. The maximum Gasteiger partial charge on any atom is 0.247 e. The van der Waals surface area contributed by atoms with Crippen molar-refractivity contribution < 1.29 is 14.1 Å². The number of halogens is 1. The van der Waals surface area contributed by atoms with E-state index in [-0.39, 0.29) is 5.91 Å². The lowest BCUT2D eigenvalue weighted by Gasteiger charge is -2.16. The van der Waals surface area contributed by atoms with Crippen LogP contribution in [0.3, 0.4) is 0 Å². The maximum absolute atomic E-state index is 12.7. The predicted molar refractivity (Wildman–Crippen MR) is 139 cm³/mol. The molecule has 2 aromatic carbocycles. The molecule has 8 nitrogen and oxygen atoms in total. The Labute approximate surface area is 200 Å². The van der Waals surface area contributed by atoms with E-state index in [0.717, 1.165) is 14.6 Å². The molecule has 0 saturated carbocycles. The molecule has 0 unspecified atom stereocenters. The Kier molecular flexibility index (Phi) is 7.52. The van der Waals surface area contributed by atoms with Gasteiger partial charge in [0.05, 0.1) is 22.1 Å². The molecule has 0 spiro atoms. The average molecular weight is 563 g/mol. The highest BCUT2D eigenvalue weighted by atomic mass is 127. The van der Waals surface area contributed by atoms with Crippen LogP contribution in [0, 0.1) is 3.57 Å². The number of hydrogen-bond acceptors (Lipinski definition) is 7. The first-order chi connectivity index (χ1) is 15.2. The van der Waals surface area contributed by atoms with Crippen LogP contribution in [-0.4, -0.2) is 36.3 Å². The highest BCUT2D eigenvalue weighted by Gasteiger charge is 2.17. The number of ether oxygens (including phenoxy) is 1. The van der Waals surface area contributed by atoms with Gasteiger partial charge >= 0.3 is 0 Å². The second kappa shape index (κ2) is 10.1. The van der Waals surface area contributed by atoms with E-state index >= 15 is 0 Å². The summed E-state index contributed by atoms with van der Waals surface area (Å²) in [7, 11) is -0.937. The van der Waals surface area contributed by atoms with Gasteiger partial charge in [-0.05, 0) is 72.3 Å². The summed E-state index contributed by atoms with van der Waals surface area (Å²) in [4.78, 5) is 20.5. The number of para-hydroxylation sites is 1. The summed E-state index contributed by atoms with van der Waals surface area (Å²) >= 11 is 2.14. The van der Waals surface area contributed by atoms with E-state index in [0.29, 0.717) is 28.9 Å². The molecule has 0 aliphatic heterocycles. The first-order valence-corrected chi connectivity index (χ1v) is 13.2. The quantitative estimate of drug-likeness (QED) is 0.203. The molecule has 10 heteroatoms. The smallest absolute Gasteiger partial charge is 0.247 e. The van der Waals surface area contributed by atoms with Crippen molar-refractivity contribution in [3.8, 4) is 5.75 Å². The van der Waals surface area contributed by atoms with E-state index in [9.17, 15) is 9.36 Å². The third-order valence-electron chi connectivity index (χ3n) is 4.38. The van der Waals surface area contributed by atoms with Crippen LogP contribution in [-0.2, 0) is 9.36 Å². The van der Waals surface area contributed by atoms with Crippen LogP contribution < -0.4 is 26.0 Å². The molecule has 0 radical (unpaired) electrons. The first kappa shape index (κ1) is 23.7. The number of benzene rings is 2. The predicted octanol–water partition coefficient (Wildman–Crippen LogP) is 4.95. The minimum atomic E-state index is -2.49. The number of nitrogens with one attached hydrogen (secondary N) is 3. The monoisotopic (exact) mass is 563 g/mol. The van der Waals surface area contributed by atoms with Gasteiger partial charge in [-0.2, -0.15) is 4.98 Å². The van der Waals surface area contributed by atoms with Crippen molar-refractivity contribution in [2.24, 2.45) is 0 Å². The summed E-state index contributed by atoms with van der Waals surface area (Å²) in [5, 5.41) is 9.86. The van der Waals surface area contributed by atoms with Gasteiger partial charge in [-0.25, -0.2) is 4.98 Å². The van der Waals surface area contributed by atoms with Crippen LogP contribution >= 0.6 is 29.7 Å². The zero-order valence-corrected chi connectivity index (χ0v) is 20.9. The molecule has 3 N–H and O–H groups in total. The Morgan fingerprint density at radius 2 is 1.91 bits per heavy atom. The fraction of sp³-hybridized carbons (Fsp3) is 0.136. The second-order valence-corrected chi connectivity index (χ2v) is 11.5. The minimum absolute atomic E-state index is 0.319. The normalized spacial score (nSPS) is 10.9. The second-order valence-electron chi connectivity index (χ2n) is 7.12. The van der Waals surface area contributed by atoms with Crippen molar-refractivity contribution in [3.05, 3.63) is 64.9 Å². The van der Waals surface area contributed by atoms with Crippen LogP contribution in [0.15, 0.2) is 61.3 Å². The Morgan fingerprint density at radius 1 is 1.16 bits per heavy atom. The molecular formula is C22H23IN5O3P. The number of carbonyl (C=O) groups excluding carboxylic acids is 1. The Hall–Kier alpha value is -2.91. The SMILES string of the molecule is C=CC(=O)Nc1ccc(OC)c(Nc2ncc(I)c(Nc3ccccc3P(C)(C)=O)n2)c1. The Bertz CT molecular complexity index is 1210. The highest BCUT2D eigenvalue weighted by Crippen LogP contribution is 2.38. The molecule has 0 aliphatic rings. The van der Waals surface area contributed by atoms with Gasteiger partial charge in [0.2, 0.25) is 11.9 Å². The number of anilines is 5. The van der Waals surface area contributed by atoms with Crippen molar-refractivity contribution in [3.63, 3.8) is 0 Å². The molecule has 0 saturated heterocycles. The summed E-state index contributed by atoms with van der Waals surface area (Å²) < 4.78 is 18.9. The summed E-state index contributed by atoms with van der Waals surface area (Å²) in [6.45, 7) is 6.92. The third-order valence-corrected chi connectivity index (χ3v) is 6.72. The topological polar surface area (TPSA) is 105 Å². The molecule has 1 aromatic heterocycles. The largest absolute Gasteiger partial charge is 0.495 e. The van der Waals surface area contributed by atoms with Gasteiger partial charge in [0.1, 0.15) is 18.7 Å². The molecular weight excluding hydrogens is 540 g/mol. The van der Waals surface area contributed by atoms with Gasteiger partial charge in [-0.15, -0.1) is 0 Å². The molecule has 1 heterocycles. The standard InChI is InChI=1S/C22H23IN5O3P/c1-5-20(29)25-14-10-11-18(31-2)17(12-14)27-22-24-13-15(23)21(28-22)26-16-8-6-7-9-19(16)32(3,4)30/h5-13H,1H2,2-4H3,(H,25,29)(H2,24,26,27,28). The van der Waals surface area contributed by atoms with Gasteiger partial charge in [-0.1, -0.05) is 18.7 Å². The highest BCUT2D eigenvalue weighted by molar-refractivity contribution is 14.1. The molecule has 0 bridgehead atoms. The maximum atomic E-state index is 12.7. The lowest BCUT2D eigenvalue weighted by molar-refractivity contribution is -0.111. The number of carbonyl (C=O) groups is 1. The number of hydrogen-bond donors (Lipinski definition) is 3. The summed E-state index contributed by atoms with van der Waals surface area (Å²) in [5.41, 5.74) is 1.88. The van der Waals surface area contributed by atoms with Crippen LogP contribution in [0.25, 0.3) is 0 Å². The van der Waals surface area contributed by atoms with Crippen LogP contribution in [0.1, 0.15) is 0 Å². The first-order valence-electron chi connectivity index (χ1n) is 9.54. The molecule has 0 atom stereocenters. The van der Waals surface area contributed by atoms with Crippen molar-refractivity contribution in [1.29, 1.82) is 0 Å². The van der Waals surface area contributed by atoms with E-state index in [1.807, 2.05) is 24.3 Å². The van der Waals surface area contributed by atoms with Crippen LogP contribution in [0.4, 0.5) is 28.8 Å². The van der Waals surface area contributed by atoms with Gasteiger partial charge < -0.3 is 25.3 Å². The van der Waals surface area contributed by atoms with E-state index in [4.69, 9.17) is 4.74 Å². The Balaban J connectivity index is 1.92. The van der Waals surface area contributed by atoms with E-state index < -0.39 is 7.14 Å². The number of methoxy groups -OCH3 is 1. The Morgan fingerprint density at radius 3 is 2.59 bits per heavy atom. The van der Waals surface area contributed by atoms with Gasteiger partial charge in [-0.3, -0.25) is 4.79 Å². The number of nitrogens with zero attached hydrogens (tertiary/aromatic N) is 2. The van der Waals surface area contributed by atoms with Crippen molar-refractivity contribution in [2.45, 2.75) is 0 Å². The fourth-order valence-electron chi connectivity index (χ4n) is 2.89. The van der Waals surface area contributed by atoms with Gasteiger partial charge in [0, 0.05) is 17.2 Å². The van der Waals surface area contributed by atoms with E-state index in [1.165, 1.54) is 6.08 Å². The number of aromatic nitrogens is 2. The lowest BCUT2D eigenvalue weighted by atomic mass is 10.2. The molecule has 3 aromatic rings. The molecule has 0 fully saturated rings. The van der Waals surface area contributed by atoms with Gasteiger partial charge in [0.15, 0.2) is 0 Å². The van der Waals surface area contributed by atoms with Crippen molar-refractivity contribution in [2.75, 3.05) is 36.4 Å². The third kappa shape index (κ3) is 5.86. The van der Waals surface area contributed by atoms with Crippen molar-refractivity contribution in [1.82, 2.24) is 9.97 Å². The molecule has 0 aliphatic carbocycles. The molecule has 32 heavy (non-hydrogen) atoms. The van der Waals surface area contributed by atoms with Crippen LogP contribution in [0.5, 0.6) is 5.75 Å². The minimum Gasteiger partial charge on any atom is -0.495 e. The fourth-order valence-corrected chi connectivity index (χ4v) is 4.44. The zero-order chi connectivity index (χ0) is 23.3. The number of rotatable bonds is 8. The average Bonchev–Trinajstić information content (AvgIpc) is 2.76. The van der Waals surface area contributed by atoms with Gasteiger partial charge in [0.25, 0.3) is 0 Å². The summed E-state index contributed by atoms with van der Waals surface area (Å²) in [5.74, 6) is 1.13. The lowest BCUT2D eigenvalue weighted by Crippen LogP contribution is -2.11.